The fraction of sp³-hybridized carbons (Fsp3) is 0.455. The molecule has 0 spiro atoms. The van der Waals surface area contributed by atoms with Gasteiger partial charge in [-0.25, -0.2) is 0 Å². The van der Waals surface area contributed by atoms with Gasteiger partial charge in [0.05, 0.1) is 13.2 Å². The Hall–Kier alpha value is -1.46. The number of benzene rings is 1. The molecule has 2 heterocycles. The van der Waals surface area contributed by atoms with Crippen LogP contribution in [0.3, 0.4) is 0 Å². The third-order valence-corrected chi connectivity index (χ3v) is 2.76. The molecule has 1 saturated heterocycles. The van der Waals surface area contributed by atoms with E-state index in [1.54, 1.807) is 4.80 Å². The molecule has 3 rings (SSSR count). The predicted molar refractivity (Wildman–Crippen MR) is 59.9 cm³/mol. The molecule has 0 N–H and O–H groups in total. The van der Waals surface area contributed by atoms with Gasteiger partial charge in [-0.2, -0.15) is 15.0 Å². The van der Waals surface area contributed by atoms with Crippen LogP contribution in [0, 0.1) is 0 Å². The minimum atomic E-state index is 0.748. The van der Waals surface area contributed by atoms with E-state index in [0.29, 0.717) is 0 Å². The summed E-state index contributed by atoms with van der Waals surface area (Å²) in [6.07, 6.45) is 0. The lowest BCUT2D eigenvalue weighted by atomic mass is 10.3. The number of fused-ring (bicyclic) bond motifs is 1. The highest BCUT2D eigenvalue weighted by Gasteiger charge is 2.11. The first-order chi connectivity index (χ1) is 7.92. The average Bonchev–Trinajstić information content (AvgIpc) is 2.72. The van der Waals surface area contributed by atoms with Gasteiger partial charge in [0.1, 0.15) is 17.7 Å². The Labute approximate surface area is 93.6 Å². The summed E-state index contributed by atoms with van der Waals surface area (Å²) in [5.74, 6) is 0. The lowest BCUT2D eigenvalue weighted by Gasteiger charge is -2.25. The summed E-state index contributed by atoms with van der Waals surface area (Å²) in [5.41, 5.74) is 1.91. The van der Waals surface area contributed by atoms with Gasteiger partial charge >= 0.3 is 0 Å². The molecule has 5 heteroatoms. The Morgan fingerprint density at radius 2 is 1.69 bits per heavy atom. The van der Waals surface area contributed by atoms with Crippen LogP contribution in [0.15, 0.2) is 24.3 Å². The zero-order valence-electron chi connectivity index (χ0n) is 9.04. The van der Waals surface area contributed by atoms with Crippen LogP contribution in [0.2, 0.25) is 0 Å². The van der Waals surface area contributed by atoms with Gasteiger partial charge in [-0.1, -0.05) is 12.1 Å². The van der Waals surface area contributed by atoms with Gasteiger partial charge in [-0.05, 0) is 12.1 Å². The molecule has 0 bridgehead atoms. The molecule has 1 aromatic heterocycles. The predicted octanol–water partition coefficient (Wildman–Crippen LogP) is 0.721. The zero-order valence-corrected chi connectivity index (χ0v) is 9.04. The molecule has 0 aliphatic carbocycles. The van der Waals surface area contributed by atoms with Crippen molar-refractivity contribution in [3.63, 3.8) is 0 Å². The Morgan fingerprint density at radius 1 is 1.06 bits per heavy atom. The second kappa shape index (κ2) is 4.19. The monoisotopic (exact) mass is 218 g/mol. The van der Waals surface area contributed by atoms with E-state index in [2.05, 4.69) is 15.1 Å². The zero-order chi connectivity index (χ0) is 10.8. The molecular formula is C11H14N4O. The topological polar surface area (TPSA) is 43.2 Å². The summed E-state index contributed by atoms with van der Waals surface area (Å²) in [6.45, 7) is 4.27. The maximum atomic E-state index is 5.30. The Bertz CT molecular complexity index is 443. The highest BCUT2D eigenvalue weighted by molar-refractivity contribution is 5.72. The minimum absolute atomic E-state index is 0.748. The fourth-order valence-electron chi connectivity index (χ4n) is 1.89. The second-order valence-corrected chi connectivity index (χ2v) is 3.93. The van der Waals surface area contributed by atoms with Gasteiger partial charge < -0.3 is 4.74 Å². The van der Waals surface area contributed by atoms with Crippen molar-refractivity contribution >= 4 is 11.0 Å². The van der Waals surface area contributed by atoms with Crippen LogP contribution >= 0.6 is 0 Å². The Morgan fingerprint density at radius 3 is 2.31 bits per heavy atom. The molecule has 1 fully saturated rings. The molecule has 84 valence electrons. The third-order valence-electron chi connectivity index (χ3n) is 2.76. The summed E-state index contributed by atoms with van der Waals surface area (Å²) in [4.78, 5) is 4.05. The standard InChI is InChI=1S/C11H14N4O/c1-2-4-11-10(3-1)12-15(13-11)9-14-5-7-16-8-6-14/h1-4H,5-9H2. The lowest BCUT2D eigenvalue weighted by Crippen LogP contribution is -2.37. The highest BCUT2D eigenvalue weighted by Crippen LogP contribution is 2.07. The van der Waals surface area contributed by atoms with Gasteiger partial charge in [0.15, 0.2) is 0 Å². The van der Waals surface area contributed by atoms with Crippen molar-refractivity contribution in [3.8, 4) is 0 Å². The molecule has 5 nitrogen and oxygen atoms in total. The van der Waals surface area contributed by atoms with Crippen molar-refractivity contribution in [2.45, 2.75) is 6.67 Å². The first-order valence-electron chi connectivity index (χ1n) is 5.52. The fourth-order valence-corrected chi connectivity index (χ4v) is 1.89. The highest BCUT2D eigenvalue weighted by atomic mass is 16.5. The second-order valence-electron chi connectivity index (χ2n) is 3.93. The van der Waals surface area contributed by atoms with E-state index in [4.69, 9.17) is 4.74 Å². The Kier molecular flexibility index (Phi) is 2.55. The van der Waals surface area contributed by atoms with E-state index in [0.717, 1.165) is 44.0 Å². The number of rotatable bonds is 2. The number of morpholine rings is 1. The number of aromatic nitrogens is 3. The SMILES string of the molecule is c1ccc2nn(CN3CCOCC3)nc2c1. The van der Waals surface area contributed by atoms with Crippen LogP contribution in [0.4, 0.5) is 0 Å². The summed E-state index contributed by atoms with van der Waals surface area (Å²) in [7, 11) is 0. The van der Waals surface area contributed by atoms with E-state index in [1.165, 1.54) is 0 Å². The maximum Gasteiger partial charge on any atom is 0.113 e. The van der Waals surface area contributed by atoms with Crippen LogP contribution in [-0.2, 0) is 11.4 Å². The quantitative estimate of drug-likeness (QED) is 0.745. The van der Waals surface area contributed by atoms with Gasteiger partial charge in [0.25, 0.3) is 0 Å². The summed E-state index contributed by atoms with van der Waals surface area (Å²) >= 11 is 0. The van der Waals surface area contributed by atoms with E-state index >= 15 is 0 Å². The molecule has 0 atom stereocenters. The molecule has 16 heavy (non-hydrogen) atoms. The van der Waals surface area contributed by atoms with Crippen molar-refractivity contribution < 1.29 is 4.74 Å². The molecule has 2 aromatic rings. The van der Waals surface area contributed by atoms with Crippen LogP contribution in [-0.4, -0.2) is 46.2 Å². The van der Waals surface area contributed by atoms with Gasteiger partial charge in [0.2, 0.25) is 0 Å². The summed E-state index contributed by atoms with van der Waals surface area (Å²) in [5, 5.41) is 8.86. The molecular weight excluding hydrogens is 204 g/mol. The van der Waals surface area contributed by atoms with E-state index in [-0.39, 0.29) is 0 Å². The molecule has 0 amide bonds. The van der Waals surface area contributed by atoms with E-state index < -0.39 is 0 Å². The largest absolute Gasteiger partial charge is 0.379 e. The van der Waals surface area contributed by atoms with Crippen molar-refractivity contribution in [1.82, 2.24) is 19.9 Å². The molecule has 0 radical (unpaired) electrons. The number of hydrogen-bond acceptors (Lipinski definition) is 4. The number of ether oxygens (including phenoxy) is 1. The summed E-state index contributed by atoms with van der Waals surface area (Å²) in [6, 6.07) is 7.93. The van der Waals surface area contributed by atoms with Gasteiger partial charge in [-0.3, -0.25) is 4.90 Å². The first kappa shape index (κ1) is 9.74. The summed E-state index contributed by atoms with van der Waals surface area (Å²) < 4.78 is 5.30. The van der Waals surface area contributed by atoms with Crippen molar-refractivity contribution in [1.29, 1.82) is 0 Å². The first-order valence-corrected chi connectivity index (χ1v) is 5.52. The van der Waals surface area contributed by atoms with Crippen LogP contribution in [0.5, 0.6) is 0 Å². The average molecular weight is 218 g/mol. The van der Waals surface area contributed by atoms with Gasteiger partial charge in [0, 0.05) is 13.1 Å². The molecule has 0 unspecified atom stereocenters. The Balaban J connectivity index is 1.78. The van der Waals surface area contributed by atoms with Crippen LogP contribution in [0.25, 0.3) is 11.0 Å². The molecule has 1 aromatic carbocycles. The van der Waals surface area contributed by atoms with Crippen LogP contribution < -0.4 is 0 Å². The molecule has 1 aliphatic heterocycles. The minimum Gasteiger partial charge on any atom is -0.379 e. The third kappa shape index (κ3) is 1.91. The normalized spacial score (nSPS) is 18.0. The smallest absolute Gasteiger partial charge is 0.113 e. The van der Waals surface area contributed by atoms with E-state index in [9.17, 15) is 0 Å². The number of nitrogens with zero attached hydrogens (tertiary/aromatic N) is 4. The van der Waals surface area contributed by atoms with Crippen molar-refractivity contribution in [2.75, 3.05) is 26.3 Å². The molecule has 0 saturated carbocycles. The van der Waals surface area contributed by atoms with Gasteiger partial charge in [-0.15, -0.1) is 0 Å². The van der Waals surface area contributed by atoms with Crippen LogP contribution in [0.1, 0.15) is 0 Å². The number of hydrogen-bond donors (Lipinski definition) is 0. The molecule has 1 aliphatic rings. The maximum absolute atomic E-state index is 5.30. The van der Waals surface area contributed by atoms with E-state index in [1.807, 2.05) is 24.3 Å². The van der Waals surface area contributed by atoms with Crippen molar-refractivity contribution in [2.24, 2.45) is 0 Å². The van der Waals surface area contributed by atoms with Crippen molar-refractivity contribution in [3.05, 3.63) is 24.3 Å². The lowest BCUT2D eigenvalue weighted by molar-refractivity contribution is 0.0189.